The summed E-state index contributed by atoms with van der Waals surface area (Å²) in [7, 11) is 0. The van der Waals surface area contributed by atoms with Crippen molar-refractivity contribution in [1.29, 1.82) is 5.26 Å². The van der Waals surface area contributed by atoms with Gasteiger partial charge in [0.05, 0.1) is 6.07 Å². The molecule has 1 fully saturated rings. The fraction of sp³-hybridized carbons (Fsp3) is 0.611. The van der Waals surface area contributed by atoms with Crippen LogP contribution in [0.15, 0.2) is 24.3 Å². The maximum atomic E-state index is 9.50. The molecule has 0 amide bonds. The van der Waals surface area contributed by atoms with Crippen molar-refractivity contribution in [3.63, 3.8) is 0 Å². The highest BCUT2D eigenvalue weighted by molar-refractivity contribution is 5.36. The molecule has 1 aromatic rings. The van der Waals surface area contributed by atoms with Gasteiger partial charge in [0.25, 0.3) is 0 Å². The molecule has 0 saturated heterocycles. The van der Waals surface area contributed by atoms with E-state index in [-0.39, 0.29) is 6.10 Å². The Morgan fingerprint density at radius 2 is 2.19 bits per heavy atom. The SMILES string of the molecule is CCCNC1(C#N)CCC(Oc2ccccc2C(C)C)C1. The number of para-hydroxylation sites is 1. The molecular formula is C18H26N2O. The minimum atomic E-state index is -0.395. The van der Waals surface area contributed by atoms with Crippen LogP contribution >= 0.6 is 0 Å². The maximum Gasteiger partial charge on any atom is 0.123 e. The highest BCUT2D eigenvalue weighted by Crippen LogP contribution is 2.34. The van der Waals surface area contributed by atoms with E-state index in [1.54, 1.807) is 0 Å². The number of ether oxygens (including phenoxy) is 1. The van der Waals surface area contributed by atoms with Gasteiger partial charge in [-0.1, -0.05) is 39.0 Å². The van der Waals surface area contributed by atoms with Gasteiger partial charge in [0, 0.05) is 6.42 Å². The third kappa shape index (κ3) is 3.77. The topological polar surface area (TPSA) is 45.0 Å². The molecule has 3 nitrogen and oxygen atoms in total. The van der Waals surface area contributed by atoms with Crippen molar-refractivity contribution in [1.82, 2.24) is 5.32 Å². The molecule has 0 spiro atoms. The number of nitriles is 1. The maximum absolute atomic E-state index is 9.50. The minimum absolute atomic E-state index is 0.133. The Labute approximate surface area is 128 Å². The fourth-order valence-corrected chi connectivity index (χ4v) is 3.01. The van der Waals surface area contributed by atoms with Crippen LogP contribution in [0.4, 0.5) is 0 Å². The van der Waals surface area contributed by atoms with E-state index < -0.39 is 5.54 Å². The van der Waals surface area contributed by atoms with Crippen LogP contribution in [0.3, 0.4) is 0 Å². The van der Waals surface area contributed by atoms with Gasteiger partial charge in [0.15, 0.2) is 0 Å². The first-order valence-electron chi connectivity index (χ1n) is 8.02. The standard InChI is InChI=1S/C18H26N2O/c1-4-11-20-18(13-19)10-9-15(12-18)21-17-8-6-5-7-16(17)14(2)3/h5-8,14-15,20H,4,9-12H2,1-3H3. The Bertz CT molecular complexity index is 506. The molecule has 1 aliphatic rings. The summed E-state index contributed by atoms with van der Waals surface area (Å²) >= 11 is 0. The average molecular weight is 286 g/mol. The van der Waals surface area contributed by atoms with E-state index >= 15 is 0 Å². The molecule has 114 valence electrons. The summed E-state index contributed by atoms with van der Waals surface area (Å²) in [6.45, 7) is 7.38. The lowest BCUT2D eigenvalue weighted by molar-refractivity contribution is 0.198. The molecule has 0 aromatic heterocycles. The zero-order chi connectivity index (χ0) is 15.3. The van der Waals surface area contributed by atoms with Crippen molar-refractivity contribution in [2.24, 2.45) is 0 Å². The average Bonchev–Trinajstić information content (AvgIpc) is 2.89. The summed E-state index contributed by atoms with van der Waals surface area (Å²) in [5, 5.41) is 12.9. The zero-order valence-corrected chi connectivity index (χ0v) is 13.4. The van der Waals surface area contributed by atoms with E-state index in [2.05, 4.69) is 44.3 Å². The quantitative estimate of drug-likeness (QED) is 0.859. The molecule has 1 saturated carbocycles. The Morgan fingerprint density at radius 1 is 1.43 bits per heavy atom. The van der Waals surface area contributed by atoms with Crippen LogP contribution in [-0.4, -0.2) is 18.2 Å². The van der Waals surface area contributed by atoms with E-state index in [1.807, 2.05) is 12.1 Å². The highest BCUT2D eigenvalue weighted by atomic mass is 16.5. The van der Waals surface area contributed by atoms with Crippen LogP contribution in [-0.2, 0) is 0 Å². The van der Waals surface area contributed by atoms with Gasteiger partial charge in [0.1, 0.15) is 17.4 Å². The Hall–Kier alpha value is -1.53. The summed E-state index contributed by atoms with van der Waals surface area (Å²) in [4.78, 5) is 0. The van der Waals surface area contributed by atoms with E-state index in [0.717, 1.165) is 38.0 Å². The van der Waals surface area contributed by atoms with Gasteiger partial charge in [-0.05, 0) is 43.4 Å². The van der Waals surface area contributed by atoms with Crippen LogP contribution < -0.4 is 10.1 Å². The zero-order valence-electron chi connectivity index (χ0n) is 13.4. The molecule has 1 aromatic carbocycles. The van der Waals surface area contributed by atoms with Gasteiger partial charge >= 0.3 is 0 Å². The van der Waals surface area contributed by atoms with Gasteiger partial charge in [-0.3, -0.25) is 5.32 Å². The molecule has 0 radical (unpaired) electrons. The number of rotatable bonds is 6. The van der Waals surface area contributed by atoms with Gasteiger partial charge in [-0.15, -0.1) is 0 Å². The lowest BCUT2D eigenvalue weighted by Crippen LogP contribution is -2.42. The Kier molecular flexibility index (Phi) is 5.25. The van der Waals surface area contributed by atoms with E-state index in [1.165, 1.54) is 5.56 Å². The van der Waals surface area contributed by atoms with Crippen LogP contribution in [0.1, 0.15) is 57.9 Å². The molecule has 2 atom stereocenters. The van der Waals surface area contributed by atoms with Crippen molar-refractivity contribution in [3.8, 4) is 11.8 Å². The predicted octanol–water partition coefficient (Wildman–Crippen LogP) is 4.00. The molecule has 2 rings (SSSR count). The van der Waals surface area contributed by atoms with Crippen LogP contribution in [0.2, 0.25) is 0 Å². The van der Waals surface area contributed by atoms with E-state index in [0.29, 0.717) is 5.92 Å². The third-order valence-electron chi connectivity index (χ3n) is 4.23. The van der Waals surface area contributed by atoms with Crippen molar-refractivity contribution in [3.05, 3.63) is 29.8 Å². The lowest BCUT2D eigenvalue weighted by Gasteiger charge is -2.23. The molecule has 1 aliphatic carbocycles. The molecule has 0 bridgehead atoms. The number of hydrogen-bond acceptors (Lipinski definition) is 3. The van der Waals surface area contributed by atoms with E-state index in [4.69, 9.17) is 4.74 Å². The Balaban J connectivity index is 2.04. The van der Waals surface area contributed by atoms with Crippen LogP contribution in [0, 0.1) is 11.3 Å². The summed E-state index contributed by atoms with van der Waals surface area (Å²) in [5.41, 5.74) is 0.849. The van der Waals surface area contributed by atoms with Crippen molar-refractivity contribution in [2.75, 3.05) is 6.54 Å². The van der Waals surface area contributed by atoms with Gasteiger partial charge in [-0.25, -0.2) is 0 Å². The second kappa shape index (κ2) is 6.95. The van der Waals surface area contributed by atoms with Crippen LogP contribution in [0.5, 0.6) is 5.75 Å². The lowest BCUT2D eigenvalue weighted by atomic mass is 9.99. The molecule has 2 unspecified atom stereocenters. The normalized spacial score (nSPS) is 25.0. The number of benzene rings is 1. The summed E-state index contributed by atoms with van der Waals surface area (Å²) in [6, 6.07) is 10.7. The first kappa shape index (κ1) is 15.9. The molecular weight excluding hydrogens is 260 g/mol. The monoisotopic (exact) mass is 286 g/mol. The van der Waals surface area contributed by atoms with Gasteiger partial charge in [0.2, 0.25) is 0 Å². The number of nitrogens with one attached hydrogen (secondary N) is 1. The van der Waals surface area contributed by atoms with Gasteiger partial charge < -0.3 is 4.74 Å². The highest BCUT2D eigenvalue weighted by Gasteiger charge is 2.40. The molecule has 1 N–H and O–H groups in total. The fourth-order valence-electron chi connectivity index (χ4n) is 3.01. The smallest absolute Gasteiger partial charge is 0.123 e. The van der Waals surface area contributed by atoms with Gasteiger partial charge in [-0.2, -0.15) is 5.26 Å². The second-order valence-electron chi connectivity index (χ2n) is 6.30. The molecule has 3 heteroatoms. The van der Waals surface area contributed by atoms with Crippen molar-refractivity contribution >= 4 is 0 Å². The van der Waals surface area contributed by atoms with Crippen molar-refractivity contribution < 1.29 is 4.74 Å². The summed E-state index contributed by atoms with van der Waals surface area (Å²) in [6.07, 6.45) is 3.77. The molecule has 0 heterocycles. The number of nitrogens with zero attached hydrogens (tertiary/aromatic N) is 1. The first-order valence-corrected chi connectivity index (χ1v) is 8.02. The predicted molar refractivity (Wildman–Crippen MR) is 85.4 cm³/mol. The second-order valence-corrected chi connectivity index (χ2v) is 6.30. The van der Waals surface area contributed by atoms with E-state index in [9.17, 15) is 5.26 Å². The first-order chi connectivity index (χ1) is 10.1. The van der Waals surface area contributed by atoms with Crippen molar-refractivity contribution in [2.45, 2.75) is 64.0 Å². The Morgan fingerprint density at radius 3 is 2.86 bits per heavy atom. The number of hydrogen-bond donors (Lipinski definition) is 1. The molecule has 0 aliphatic heterocycles. The molecule has 21 heavy (non-hydrogen) atoms. The largest absolute Gasteiger partial charge is 0.490 e. The van der Waals surface area contributed by atoms with Crippen LogP contribution in [0.25, 0.3) is 0 Å². The minimum Gasteiger partial charge on any atom is -0.490 e. The summed E-state index contributed by atoms with van der Waals surface area (Å²) < 4.78 is 6.21. The third-order valence-corrected chi connectivity index (χ3v) is 4.23. The summed E-state index contributed by atoms with van der Waals surface area (Å²) in [5.74, 6) is 1.42.